The van der Waals surface area contributed by atoms with Crippen molar-refractivity contribution in [3.8, 4) is 0 Å². The van der Waals surface area contributed by atoms with Gasteiger partial charge in [-0.05, 0) is 25.3 Å². The smallest absolute Gasteiger partial charge is 0.395 e. The van der Waals surface area contributed by atoms with Crippen molar-refractivity contribution in [3.05, 3.63) is 28.0 Å². The number of nitrogens with one attached hydrogen (secondary N) is 1. The molecule has 0 aliphatic carbocycles. The van der Waals surface area contributed by atoms with Crippen LogP contribution in [0.25, 0.3) is 0 Å². The third kappa shape index (κ3) is 4.93. The van der Waals surface area contributed by atoms with Crippen LogP contribution < -0.4 is 11.1 Å². The molecule has 2 amide bonds. The minimum Gasteiger partial charge on any atom is -0.395 e. The first kappa shape index (κ1) is 19.9. The summed E-state index contributed by atoms with van der Waals surface area (Å²) in [7, 11) is 0. The topological polar surface area (TPSA) is 132 Å². The number of piperidine rings is 1. The Hall–Kier alpha value is -2.13. The van der Waals surface area contributed by atoms with E-state index in [1.807, 2.05) is 0 Å². The van der Waals surface area contributed by atoms with Gasteiger partial charge in [-0.15, -0.1) is 12.4 Å². The Morgan fingerprint density at radius 3 is 2.79 bits per heavy atom. The molecule has 1 aliphatic rings. The number of carbonyl (C=O) groups excluding carboxylic acids is 2. The van der Waals surface area contributed by atoms with E-state index in [2.05, 4.69) is 5.32 Å². The minimum absolute atomic E-state index is 0. The second-order valence-corrected chi connectivity index (χ2v) is 5.39. The lowest BCUT2D eigenvalue weighted by Gasteiger charge is -2.35. The summed E-state index contributed by atoms with van der Waals surface area (Å²) >= 11 is 0. The molecule has 0 radical (unpaired) electrons. The van der Waals surface area contributed by atoms with E-state index in [0.29, 0.717) is 13.1 Å². The minimum atomic E-state index is -0.683. The zero-order valence-corrected chi connectivity index (χ0v) is 13.9. The van der Waals surface area contributed by atoms with Crippen LogP contribution in [0.2, 0.25) is 0 Å². The first-order valence-corrected chi connectivity index (χ1v) is 7.55. The van der Waals surface area contributed by atoms with Crippen molar-refractivity contribution in [1.82, 2.24) is 10.2 Å². The molecule has 3 N–H and O–H groups in total. The quantitative estimate of drug-likeness (QED) is 0.576. The summed E-state index contributed by atoms with van der Waals surface area (Å²) < 4.78 is 4.98. The lowest BCUT2D eigenvalue weighted by molar-refractivity contribution is -0.402. The molecule has 1 aromatic rings. The zero-order valence-electron chi connectivity index (χ0n) is 13.1. The van der Waals surface area contributed by atoms with Crippen molar-refractivity contribution in [1.29, 1.82) is 0 Å². The van der Waals surface area contributed by atoms with E-state index in [1.165, 1.54) is 6.07 Å². The molecule has 1 fully saturated rings. The van der Waals surface area contributed by atoms with Gasteiger partial charge in [0, 0.05) is 32.1 Å². The molecule has 0 aromatic carbocycles. The van der Waals surface area contributed by atoms with Crippen LogP contribution in [0.1, 0.15) is 36.2 Å². The summed E-state index contributed by atoms with van der Waals surface area (Å²) in [6.07, 6.45) is 2.81. The van der Waals surface area contributed by atoms with Gasteiger partial charge in [0.05, 0.1) is 6.07 Å². The highest BCUT2D eigenvalue weighted by atomic mass is 35.5. The molecule has 134 valence electrons. The van der Waals surface area contributed by atoms with Gasteiger partial charge in [0.25, 0.3) is 5.91 Å². The average Bonchev–Trinajstić information content (AvgIpc) is 3.03. The van der Waals surface area contributed by atoms with Crippen molar-refractivity contribution >= 4 is 30.1 Å². The maximum absolute atomic E-state index is 12.5. The number of furan rings is 1. The zero-order chi connectivity index (χ0) is 16.8. The standard InChI is InChI=1S/C14H20N4O5.ClH/c15-7-6-12(19)16-9-10-3-1-2-8-17(10)14(20)11-4-5-13(23-11)18(21)22;/h4-5,10H,1-3,6-9,15H2,(H,16,19);1H. The second kappa shape index (κ2) is 9.24. The Balaban J connectivity index is 0.00000288. The number of hydrogen-bond acceptors (Lipinski definition) is 6. The number of nitrogens with two attached hydrogens (primary N) is 1. The van der Waals surface area contributed by atoms with Crippen LogP contribution in [0.3, 0.4) is 0 Å². The van der Waals surface area contributed by atoms with Crippen LogP contribution in [0.4, 0.5) is 5.88 Å². The number of amides is 2. The van der Waals surface area contributed by atoms with Crippen LogP contribution in [-0.4, -0.2) is 47.3 Å². The lowest BCUT2D eigenvalue weighted by Crippen LogP contribution is -2.49. The molecule has 10 heteroatoms. The Kier molecular flexibility index (Phi) is 7.66. The first-order valence-electron chi connectivity index (χ1n) is 7.55. The predicted octanol–water partition coefficient (Wildman–Crippen LogP) is 1.07. The van der Waals surface area contributed by atoms with Crippen molar-refractivity contribution in [2.45, 2.75) is 31.7 Å². The first-order chi connectivity index (χ1) is 11.0. The highest BCUT2D eigenvalue weighted by Gasteiger charge is 2.30. The van der Waals surface area contributed by atoms with Crippen molar-refractivity contribution in [2.75, 3.05) is 19.6 Å². The van der Waals surface area contributed by atoms with Crippen molar-refractivity contribution < 1.29 is 18.9 Å². The van der Waals surface area contributed by atoms with E-state index in [-0.39, 0.29) is 43.1 Å². The third-order valence-electron chi connectivity index (χ3n) is 3.78. The van der Waals surface area contributed by atoms with Gasteiger partial charge in [-0.3, -0.25) is 19.7 Å². The van der Waals surface area contributed by atoms with Crippen LogP contribution in [0.5, 0.6) is 0 Å². The molecular formula is C14H21ClN4O5. The second-order valence-electron chi connectivity index (χ2n) is 5.39. The molecule has 0 spiro atoms. The van der Waals surface area contributed by atoms with E-state index in [4.69, 9.17) is 10.2 Å². The van der Waals surface area contributed by atoms with E-state index in [0.717, 1.165) is 25.3 Å². The molecule has 24 heavy (non-hydrogen) atoms. The summed E-state index contributed by atoms with van der Waals surface area (Å²) in [5, 5.41) is 13.4. The summed E-state index contributed by atoms with van der Waals surface area (Å²) in [5.74, 6) is -1.06. The molecule has 1 unspecified atom stereocenters. The Bertz CT molecular complexity index is 591. The molecule has 0 saturated carbocycles. The van der Waals surface area contributed by atoms with Gasteiger partial charge in [-0.2, -0.15) is 0 Å². The number of nitrogens with zero attached hydrogens (tertiary/aromatic N) is 2. The molecule has 2 heterocycles. The average molecular weight is 361 g/mol. The number of halogens is 1. The summed E-state index contributed by atoms with van der Waals surface area (Å²) in [6.45, 7) is 1.15. The van der Waals surface area contributed by atoms with Crippen LogP contribution in [0, 0.1) is 10.1 Å². The molecule has 9 nitrogen and oxygen atoms in total. The maximum atomic E-state index is 12.5. The van der Waals surface area contributed by atoms with Gasteiger partial charge in [0.1, 0.15) is 4.92 Å². The van der Waals surface area contributed by atoms with Gasteiger partial charge >= 0.3 is 5.88 Å². The number of nitro groups is 1. The van der Waals surface area contributed by atoms with E-state index < -0.39 is 16.7 Å². The summed E-state index contributed by atoms with van der Waals surface area (Å²) in [6, 6.07) is 2.32. The Morgan fingerprint density at radius 2 is 2.17 bits per heavy atom. The van der Waals surface area contributed by atoms with E-state index >= 15 is 0 Å². The lowest BCUT2D eigenvalue weighted by atomic mass is 10.0. The number of carbonyl (C=O) groups is 2. The van der Waals surface area contributed by atoms with Crippen molar-refractivity contribution in [3.63, 3.8) is 0 Å². The number of hydrogen-bond donors (Lipinski definition) is 2. The third-order valence-corrected chi connectivity index (χ3v) is 3.78. The normalized spacial score (nSPS) is 17.0. The largest absolute Gasteiger partial charge is 0.433 e. The monoisotopic (exact) mass is 360 g/mol. The maximum Gasteiger partial charge on any atom is 0.433 e. The molecule has 1 atom stereocenters. The molecule has 2 rings (SSSR count). The molecule has 1 aromatic heterocycles. The van der Waals surface area contributed by atoms with Gasteiger partial charge in [0.15, 0.2) is 5.76 Å². The highest BCUT2D eigenvalue weighted by Crippen LogP contribution is 2.22. The number of rotatable bonds is 6. The van der Waals surface area contributed by atoms with Crippen molar-refractivity contribution in [2.24, 2.45) is 5.73 Å². The highest BCUT2D eigenvalue weighted by molar-refractivity contribution is 5.92. The SMILES string of the molecule is Cl.NCCC(=O)NCC1CCCCN1C(=O)c1ccc([N+](=O)[O-])o1. The van der Waals surface area contributed by atoms with Gasteiger partial charge < -0.3 is 20.4 Å². The molecule has 1 aliphatic heterocycles. The van der Waals surface area contributed by atoms with Crippen LogP contribution in [-0.2, 0) is 4.79 Å². The van der Waals surface area contributed by atoms with E-state index in [1.54, 1.807) is 4.90 Å². The fourth-order valence-electron chi connectivity index (χ4n) is 2.61. The Morgan fingerprint density at radius 1 is 1.42 bits per heavy atom. The predicted molar refractivity (Wildman–Crippen MR) is 88.0 cm³/mol. The fraction of sp³-hybridized carbons (Fsp3) is 0.571. The summed E-state index contributed by atoms with van der Waals surface area (Å²) in [4.78, 5) is 35.6. The molecule has 0 bridgehead atoms. The number of likely N-dealkylation sites (tertiary alicyclic amines) is 1. The fourth-order valence-corrected chi connectivity index (χ4v) is 2.61. The van der Waals surface area contributed by atoms with Gasteiger partial charge in [-0.1, -0.05) is 0 Å². The van der Waals surface area contributed by atoms with Crippen LogP contribution in [0.15, 0.2) is 16.5 Å². The molecular weight excluding hydrogens is 340 g/mol. The van der Waals surface area contributed by atoms with Gasteiger partial charge in [-0.25, -0.2) is 0 Å². The Labute approximate surface area is 145 Å². The summed E-state index contributed by atoms with van der Waals surface area (Å²) in [5.41, 5.74) is 5.32. The van der Waals surface area contributed by atoms with Crippen LogP contribution >= 0.6 is 12.4 Å². The van der Waals surface area contributed by atoms with E-state index in [9.17, 15) is 19.7 Å². The van der Waals surface area contributed by atoms with Gasteiger partial charge in [0.2, 0.25) is 5.91 Å². The molecule has 1 saturated heterocycles.